The van der Waals surface area contributed by atoms with Gasteiger partial charge in [-0.1, -0.05) is 260 Å². The number of hydrogen-bond acceptors (Lipinski definition) is 3. The summed E-state index contributed by atoms with van der Waals surface area (Å²) in [5.41, 5.74) is 16.7. The standard InChI is InChI=1S/C90H56BN3OS/c1-6-23-57(24-7-1)62-33-22-34-63(49-62)66-53-83-88-86(54-66)96-90-77(45-48-85-87(90)75-55-67(43-47-84(75)95-85)92-78-38-19-16-35-69(78)70-36-17-20-39-79(70)92)91(88)76-44-42-68(93-80-40-21-18-37-71(80)74-50-64(41-46-81(74)93)58-25-8-2-9-26-58)56-82(76)94(83)89-72(60-29-12-4-13-30-60)51-65(59-27-10-3-11-28-59)52-73(89)61-31-14-5-15-32-61/h1-56H/i16D,17D,18D,19D,20D,21D,35D,36D,37D,38D,39D,40D,41D,46D,50D. The van der Waals surface area contributed by atoms with Crippen LogP contribution in [0.15, 0.2) is 354 Å². The molecule has 2 aliphatic rings. The molecular formula is C90H56BN3OS. The van der Waals surface area contributed by atoms with Gasteiger partial charge in [-0.3, -0.25) is 0 Å². The average molecular weight is 1250 g/mol. The molecule has 15 aromatic carbocycles. The molecule has 0 saturated carbocycles. The Kier molecular flexibility index (Phi) is 9.40. The van der Waals surface area contributed by atoms with E-state index < -0.39 is 67.1 Å². The summed E-state index contributed by atoms with van der Waals surface area (Å²) in [5, 5.41) is 1.39. The molecule has 0 fully saturated rings. The molecule has 0 amide bonds. The zero-order valence-electron chi connectivity index (χ0n) is 65.9. The van der Waals surface area contributed by atoms with Crippen molar-refractivity contribution >= 4 is 117 Å². The van der Waals surface area contributed by atoms with Crippen LogP contribution in [0.5, 0.6) is 0 Å². The van der Waals surface area contributed by atoms with Crippen LogP contribution in [0.4, 0.5) is 17.1 Å². The minimum Gasteiger partial charge on any atom is -0.456 e. The Labute approximate surface area is 581 Å². The summed E-state index contributed by atoms with van der Waals surface area (Å²) in [7, 11) is 0. The fraction of sp³-hybridized carbons (Fsp3) is 0. The molecule has 446 valence electrons. The van der Waals surface area contributed by atoms with Crippen molar-refractivity contribution in [3.8, 4) is 78.1 Å². The maximum absolute atomic E-state index is 10.2. The summed E-state index contributed by atoms with van der Waals surface area (Å²) in [6.07, 6.45) is 0. The van der Waals surface area contributed by atoms with Gasteiger partial charge in [0, 0.05) is 76.0 Å². The summed E-state index contributed by atoms with van der Waals surface area (Å²) >= 11 is 1.59. The monoisotopic (exact) mass is 1250 g/mol. The molecule has 0 radical (unpaired) electrons. The van der Waals surface area contributed by atoms with Gasteiger partial charge in [-0.05, 0) is 164 Å². The second kappa shape index (κ2) is 21.8. The molecule has 6 heteroatoms. The van der Waals surface area contributed by atoms with Gasteiger partial charge in [-0.15, -0.1) is 0 Å². The smallest absolute Gasteiger partial charge is 0.249 e. The second-order valence-electron chi connectivity index (χ2n) is 24.3. The highest BCUT2D eigenvalue weighted by Crippen LogP contribution is 2.53. The fourth-order valence-electron chi connectivity index (χ4n) is 14.8. The lowest BCUT2D eigenvalue weighted by atomic mass is 9.34. The van der Waals surface area contributed by atoms with Crippen molar-refractivity contribution in [2.75, 3.05) is 4.90 Å². The van der Waals surface area contributed by atoms with E-state index in [4.69, 9.17) is 9.90 Å². The third-order valence-electron chi connectivity index (χ3n) is 19.0. The van der Waals surface area contributed by atoms with Crippen LogP contribution in [-0.2, 0) is 0 Å². The maximum atomic E-state index is 10.2. The van der Waals surface area contributed by atoms with Gasteiger partial charge in [-0.2, -0.15) is 0 Å². The van der Waals surface area contributed by atoms with E-state index in [1.807, 2.05) is 103 Å². The Hall–Kier alpha value is -12.1. The van der Waals surface area contributed by atoms with Crippen LogP contribution in [0.1, 0.15) is 20.6 Å². The highest BCUT2D eigenvalue weighted by Gasteiger charge is 2.44. The fourth-order valence-corrected chi connectivity index (χ4v) is 16.1. The molecule has 0 aliphatic carbocycles. The zero-order valence-corrected chi connectivity index (χ0v) is 51.7. The second-order valence-corrected chi connectivity index (χ2v) is 25.4. The van der Waals surface area contributed by atoms with Crippen LogP contribution in [0.2, 0.25) is 0 Å². The van der Waals surface area contributed by atoms with Crippen molar-refractivity contribution in [2.24, 2.45) is 0 Å². The van der Waals surface area contributed by atoms with Gasteiger partial charge >= 0.3 is 0 Å². The lowest BCUT2D eigenvalue weighted by molar-refractivity contribution is 0.668. The SMILES string of the molecule is [2H]c1c([2H])c([2H])c2c(c1[2H])c1c([2H])c([2H])c([2H])c([2H])c1n2-c1ccc2oc3ccc4c(c3c2c1)Sc1cc(-c2cccc(-c3ccccc3)c2)cc2c1B4c1ccc(-n3c4c([2H])c([2H])c([2H])c([2H])c4c4c([2H])c(-c5ccccc5)c([2H])c([2H])c43)cc1N2c1c(-c2ccccc2)cc(-c2ccccc2)cc1-c1ccccc1. The molecule has 0 N–H and O–H groups in total. The van der Waals surface area contributed by atoms with Crippen molar-refractivity contribution in [3.63, 3.8) is 0 Å². The Morgan fingerprint density at radius 2 is 0.812 bits per heavy atom. The number of anilines is 3. The maximum Gasteiger partial charge on any atom is 0.249 e. The number of rotatable bonds is 9. The van der Waals surface area contributed by atoms with Crippen LogP contribution >= 0.6 is 11.8 Å². The van der Waals surface area contributed by atoms with Crippen molar-refractivity contribution in [3.05, 3.63) is 339 Å². The Morgan fingerprint density at radius 1 is 0.333 bits per heavy atom. The highest BCUT2D eigenvalue weighted by molar-refractivity contribution is 8.00. The summed E-state index contributed by atoms with van der Waals surface area (Å²) in [5.74, 6) is 0. The first-order chi connectivity index (χ1) is 53.9. The zero-order chi connectivity index (χ0) is 76.0. The van der Waals surface area contributed by atoms with E-state index in [-0.39, 0.29) is 79.4 Å². The van der Waals surface area contributed by atoms with E-state index in [0.29, 0.717) is 44.6 Å². The third kappa shape index (κ3) is 8.52. The number of para-hydroxylation sites is 3. The first kappa shape index (κ1) is 41.5. The van der Waals surface area contributed by atoms with Gasteiger partial charge < -0.3 is 18.5 Å². The molecular weight excluding hydrogens is 1180 g/mol. The van der Waals surface area contributed by atoms with Gasteiger partial charge in [-0.25, -0.2) is 0 Å². The molecule has 0 spiro atoms. The molecule has 96 heavy (non-hydrogen) atoms. The van der Waals surface area contributed by atoms with Crippen LogP contribution in [0.3, 0.4) is 0 Å². The number of aromatic nitrogens is 2. The van der Waals surface area contributed by atoms with E-state index in [1.54, 1.807) is 52.7 Å². The van der Waals surface area contributed by atoms with Gasteiger partial charge in [0.05, 0.1) is 48.3 Å². The van der Waals surface area contributed by atoms with Gasteiger partial charge in [0.1, 0.15) is 11.2 Å². The molecule has 4 nitrogen and oxygen atoms in total. The highest BCUT2D eigenvalue weighted by atomic mass is 32.2. The lowest BCUT2D eigenvalue weighted by Crippen LogP contribution is -2.60. The number of furan rings is 1. The molecule has 18 aromatic rings. The topological polar surface area (TPSA) is 26.2 Å². The van der Waals surface area contributed by atoms with E-state index >= 15 is 0 Å². The molecule has 3 aromatic heterocycles. The quantitative estimate of drug-likeness (QED) is 0.135. The van der Waals surface area contributed by atoms with Crippen LogP contribution in [0, 0.1) is 0 Å². The van der Waals surface area contributed by atoms with E-state index in [1.165, 1.54) is 4.57 Å². The Bertz CT molecular complexity index is 6980. The van der Waals surface area contributed by atoms with Gasteiger partial charge in [0.25, 0.3) is 0 Å². The largest absolute Gasteiger partial charge is 0.456 e. The molecule has 2 aliphatic heterocycles. The van der Waals surface area contributed by atoms with Crippen molar-refractivity contribution in [1.82, 2.24) is 9.13 Å². The third-order valence-corrected chi connectivity index (χ3v) is 20.2. The predicted octanol–water partition coefficient (Wildman–Crippen LogP) is 22.5. The lowest BCUT2D eigenvalue weighted by Gasteiger charge is -2.42. The molecule has 20 rings (SSSR count). The number of fused-ring (bicyclic) bond motifs is 14. The van der Waals surface area contributed by atoms with E-state index in [0.717, 1.165) is 93.2 Å². The first-order valence-electron chi connectivity index (χ1n) is 39.3. The Balaban J connectivity index is 0.932. The summed E-state index contributed by atoms with van der Waals surface area (Å²) < 4.78 is 151. The predicted molar refractivity (Wildman–Crippen MR) is 405 cm³/mol. The number of benzene rings is 15. The van der Waals surface area contributed by atoms with Crippen LogP contribution < -0.4 is 21.3 Å². The molecule has 0 atom stereocenters. The van der Waals surface area contributed by atoms with Crippen molar-refractivity contribution in [2.45, 2.75) is 9.79 Å². The molecule has 0 saturated heterocycles. The van der Waals surface area contributed by atoms with Gasteiger partial charge in [0.2, 0.25) is 6.71 Å². The average Bonchev–Trinajstić information content (AvgIpc) is 1.67. The van der Waals surface area contributed by atoms with Gasteiger partial charge in [0.15, 0.2) is 0 Å². The normalized spacial score (nSPS) is 14.7. The summed E-state index contributed by atoms with van der Waals surface area (Å²) in [6, 6.07) is 76.6. The van der Waals surface area contributed by atoms with E-state index in [2.05, 4.69) is 114 Å². The van der Waals surface area contributed by atoms with E-state index in [9.17, 15) is 15.1 Å². The molecule has 5 heterocycles. The minimum atomic E-state index is -0.600. The van der Waals surface area contributed by atoms with Crippen LogP contribution in [0.25, 0.3) is 144 Å². The molecule has 0 unspecified atom stereocenters. The molecule has 0 bridgehead atoms. The number of hydrogen-bond donors (Lipinski definition) is 0. The summed E-state index contributed by atoms with van der Waals surface area (Å²) in [6.45, 7) is -0.600. The summed E-state index contributed by atoms with van der Waals surface area (Å²) in [4.78, 5) is 4.08. The first-order valence-corrected chi connectivity index (χ1v) is 32.6. The minimum absolute atomic E-state index is 0.0161. The van der Waals surface area contributed by atoms with Crippen LogP contribution in [-0.4, -0.2) is 15.8 Å². The van der Waals surface area contributed by atoms with Crippen molar-refractivity contribution in [1.29, 1.82) is 0 Å². The Morgan fingerprint density at radius 3 is 1.43 bits per heavy atom. The number of nitrogens with zero attached hydrogens (tertiary/aromatic N) is 3. The van der Waals surface area contributed by atoms with Crippen molar-refractivity contribution < 1.29 is 25.0 Å².